The molecule has 1 atom stereocenters. The number of carbonyl (C=O) groups excluding carboxylic acids is 1. The molecule has 0 saturated carbocycles. The van der Waals surface area contributed by atoms with E-state index in [4.69, 9.17) is 0 Å². The molecule has 1 radical (unpaired) electrons. The Bertz CT molecular complexity index is 141. The maximum Gasteiger partial charge on any atom is 0.136 e. The molecule has 0 aromatic heterocycles. The lowest BCUT2D eigenvalue weighted by molar-refractivity contribution is -0.120. The molecule has 10 heavy (non-hydrogen) atoms. The minimum atomic E-state index is 0.429. The van der Waals surface area contributed by atoms with E-state index in [0.717, 1.165) is 12.8 Å². The van der Waals surface area contributed by atoms with Crippen LogP contribution in [0.3, 0.4) is 0 Å². The summed E-state index contributed by atoms with van der Waals surface area (Å²) >= 11 is 0. The predicted molar refractivity (Wildman–Crippen MR) is 38.3 cm³/mol. The van der Waals surface area contributed by atoms with Gasteiger partial charge in [0.1, 0.15) is 5.78 Å². The third-order valence-electron chi connectivity index (χ3n) is 2.32. The molecule has 2 aliphatic heterocycles. The smallest absolute Gasteiger partial charge is 0.136 e. The van der Waals surface area contributed by atoms with E-state index in [2.05, 4.69) is 5.32 Å². The number of ketones is 1. The van der Waals surface area contributed by atoms with Crippen LogP contribution < -0.4 is 5.32 Å². The summed E-state index contributed by atoms with van der Waals surface area (Å²) in [5, 5.41) is 3.38. The zero-order chi connectivity index (χ0) is 6.97. The molecule has 2 nitrogen and oxygen atoms in total. The van der Waals surface area contributed by atoms with Crippen LogP contribution in [-0.4, -0.2) is 11.8 Å². The molecule has 2 bridgehead atoms. The van der Waals surface area contributed by atoms with Crippen LogP contribution in [0, 0.1) is 6.04 Å². The van der Waals surface area contributed by atoms with E-state index in [1.165, 1.54) is 18.9 Å². The number of Topliss-reactive ketones (excluding diaryl/α,β-unsaturated/α-hetero) is 1. The first-order valence-electron chi connectivity index (χ1n) is 3.97. The number of fused-ring (bicyclic) bond motifs is 2. The van der Waals surface area contributed by atoms with Crippen LogP contribution in [0.2, 0.25) is 0 Å². The summed E-state index contributed by atoms with van der Waals surface area (Å²) in [7, 11) is 0. The normalized spacial score (nSPS) is 34.4. The summed E-state index contributed by atoms with van der Waals surface area (Å²) in [6.07, 6.45) is 5.07. The topological polar surface area (TPSA) is 29.1 Å². The number of rotatable bonds is 0. The highest BCUT2D eigenvalue weighted by Crippen LogP contribution is 2.27. The van der Waals surface area contributed by atoms with Crippen molar-refractivity contribution in [2.75, 3.05) is 0 Å². The SMILES string of the molecule is O=C1C[C]2CCCC(C1)N2. The number of carbonyl (C=O) groups is 1. The highest BCUT2D eigenvalue weighted by atomic mass is 16.1. The fourth-order valence-electron chi connectivity index (χ4n) is 1.87. The molecule has 1 unspecified atom stereocenters. The van der Waals surface area contributed by atoms with Gasteiger partial charge in [0.2, 0.25) is 0 Å². The van der Waals surface area contributed by atoms with Crippen molar-refractivity contribution in [3.05, 3.63) is 6.04 Å². The summed E-state index contributed by atoms with van der Waals surface area (Å²) in [4.78, 5) is 11.0. The Morgan fingerprint density at radius 2 is 2.40 bits per heavy atom. The first-order chi connectivity index (χ1) is 4.84. The fraction of sp³-hybridized carbons (Fsp3) is 0.750. The predicted octanol–water partition coefficient (Wildman–Crippen LogP) is 1.02. The maximum absolute atomic E-state index is 11.0. The first kappa shape index (κ1) is 6.35. The Morgan fingerprint density at radius 1 is 1.50 bits per heavy atom. The van der Waals surface area contributed by atoms with Crippen molar-refractivity contribution in [1.29, 1.82) is 0 Å². The minimum absolute atomic E-state index is 0.429. The van der Waals surface area contributed by atoms with Gasteiger partial charge in [-0.3, -0.25) is 4.79 Å². The summed E-state index contributed by atoms with van der Waals surface area (Å²) in [5.41, 5.74) is 0. The van der Waals surface area contributed by atoms with Gasteiger partial charge in [0.25, 0.3) is 0 Å². The summed E-state index contributed by atoms with van der Waals surface area (Å²) in [6, 6.07) is 1.78. The van der Waals surface area contributed by atoms with Crippen LogP contribution in [-0.2, 0) is 4.79 Å². The largest absolute Gasteiger partial charge is 0.306 e. The van der Waals surface area contributed by atoms with E-state index >= 15 is 0 Å². The van der Waals surface area contributed by atoms with Crippen LogP contribution in [0.1, 0.15) is 32.1 Å². The highest BCUT2D eigenvalue weighted by molar-refractivity contribution is 5.82. The molecule has 2 fully saturated rings. The fourth-order valence-corrected chi connectivity index (χ4v) is 1.87. The van der Waals surface area contributed by atoms with Crippen LogP contribution in [0.4, 0.5) is 0 Å². The molecule has 0 aromatic rings. The van der Waals surface area contributed by atoms with Gasteiger partial charge in [-0.15, -0.1) is 0 Å². The summed E-state index contributed by atoms with van der Waals surface area (Å²) in [5.74, 6) is 0.429. The number of piperidine rings is 2. The average Bonchev–Trinajstić information content (AvgIpc) is 1.85. The van der Waals surface area contributed by atoms with Gasteiger partial charge in [-0.2, -0.15) is 0 Å². The Labute approximate surface area is 61.0 Å². The number of hydrogen-bond acceptors (Lipinski definition) is 2. The van der Waals surface area contributed by atoms with E-state index in [1.807, 2.05) is 0 Å². The van der Waals surface area contributed by atoms with Crippen molar-refractivity contribution in [2.24, 2.45) is 0 Å². The van der Waals surface area contributed by atoms with Gasteiger partial charge < -0.3 is 5.32 Å². The second-order valence-electron chi connectivity index (χ2n) is 3.26. The maximum atomic E-state index is 11.0. The lowest BCUT2D eigenvalue weighted by Gasteiger charge is -2.34. The molecule has 0 aromatic carbocycles. The van der Waals surface area contributed by atoms with Crippen molar-refractivity contribution >= 4 is 5.78 Å². The molecule has 2 aliphatic rings. The number of hydrogen-bond donors (Lipinski definition) is 1. The van der Waals surface area contributed by atoms with Gasteiger partial charge in [-0.25, -0.2) is 0 Å². The van der Waals surface area contributed by atoms with Crippen LogP contribution in [0.15, 0.2) is 0 Å². The summed E-state index contributed by atoms with van der Waals surface area (Å²) in [6.45, 7) is 0. The number of nitrogens with one attached hydrogen (secondary N) is 1. The molecular formula is C8H12NO. The van der Waals surface area contributed by atoms with E-state index in [9.17, 15) is 4.79 Å². The van der Waals surface area contributed by atoms with Crippen molar-refractivity contribution < 1.29 is 4.79 Å². The Kier molecular flexibility index (Phi) is 1.49. The lowest BCUT2D eigenvalue weighted by atomic mass is 9.86. The Hall–Kier alpha value is -0.370. The van der Waals surface area contributed by atoms with Gasteiger partial charge in [0.05, 0.1) is 0 Å². The second-order valence-corrected chi connectivity index (χ2v) is 3.26. The second kappa shape index (κ2) is 2.35. The molecular weight excluding hydrogens is 126 g/mol. The average molecular weight is 138 g/mol. The van der Waals surface area contributed by atoms with Crippen molar-refractivity contribution in [3.63, 3.8) is 0 Å². The van der Waals surface area contributed by atoms with Gasteiger partial charge in [-0.1, -0.05) is 0 Å². The minimum Gasteiger partial charge on any atom is -0.306 e. The zero-order valence-corrected chi connectivity index (χ0v) is 6.02. The van der Waals surface area contributed by atoms with Gasteiger partial charge in [0.15, 0.2) is 0 Å². The monoisotopic (exact) mass is 138 g/mol. The molecule has 2 heteroatoms. The van der Waals surface area contributed by atoms with Gasteiger partial charge in [0, 0.05) is 24.9 Å². The molecule has 55 valence electrons. The molecule has 2 saturated heterocycles. The van der Waals surface area contributed by atoms with Gasteiger partial charge >= 0.3 is 0 Å². The Morgan fingerprint density at radius 3 is 3.20 bits per heavy atom. The quantitative estimate of drug-likeness (QED) is 0.541. The third-order valence-corrected chi connectivity index (χ3v) is 2.32. The Balaban J connectivity index is 2.05. The van der Waals surface area contributed by atoms with Crippen molar-refractivity contribution in [3.8, 4) is 0 Å². The highest BCUT2D eigenvalue weighted by Gasteiger charge is 2.29. The first-order valence-corrected chi connectivity index (χ1v) is 3.97. The zero-order valence-electron chi connectivity index (χ0n) is 6.02. The summed E-state index contributed by atoms with van der Waals surface area (Å²) < 4.78 is 0. The molecule has 0 spiro atoms. The van der Waals surface area contributed by atoms with E-state index in [1.54, 1.807) is 0 Å². The van der Waals surface area contributed by atoms with E-state index in [-0.39, 0.29) is 0 Å². The molecule has 2 heterocycles. The lowest BCUT2D eigenvalue weighted by Crippen LogP contribution is -2.43. The van der Waals surface area contributed by atoms with E-state index in [0.29, 0.717) is 18.2 Å². The standard InChI is InChI=1S/C8H12NO/c10-8-4-6-2-1-3-7(5-8)9-6/h6,9H,1-5H2. The van der Waals surface area contributed by atoms with Crippen molar-refractivity contribution in [1.82, 2.24) is 5.32 Å². The van der Waals surface area contributed by atoms with Crippen molar-refractivity contribution in [2.45, 2.75) is 38.1 Å². The van der Waals surface area contributed by atoms with Crippen LogP contribution >= 0.6 is 0 Å². The third kappa shape index (κ3) is 1.08. The van der Waals surface area contributed by atoms with Gasteiger partial charge in [-0.05, 0) is 19.3 Å². The van der Waals surface area contributed by atoms with E-state index < -0.39 is 0 Å². The molecule has 1 N–H and O–H groups in total. The van der Waals surface area contributed by atoms with Crippen LogP contribution in [0.25, 0.3) is 0 Å². The molecule has 2 rings (SSSR count). The van der Waals surface area contributed by atoms with Crippen LogP contribution in [0.5, 0.6) is 0 Å². The molecule has 0 amide bonds. The molecule has 0 aliphatic carbocycles.